The summed E-state index contributed by atoms with van der Waals surface area (Å²) in [5.74, 6) is -0.287. The molecule has 1 fully saturated rings. The molecule has 0 amide bonds. The first kappa shape index (κ1) is 16.0. The van der Waals surface area contributed by atoms with Crippen molar-refractivity contribution >= 4 is 5.97 Å². The number of benzene rings is 1. The first-order valence-electron chi connectivity index (χ1n) is 7.68. The molecule has 2 rings (SSSR count). The van der Waals surface area contributed by atoms with Gasteiger partial charge in [0.1, 0.15) is 6.04 Å². The molecule has 4 nitrogen and oxygen atoms in total. The van der Waals surface area contributed by atoms with Crippen molar-refractivity contribution in [2.75, 3.05) is 20.3 Å². The van der Waals surface area contributed by atoms with Crippen molar-refractivity contribution in [3.63, 3.8) is 0 Å². The Kier molecular flexibility index (Phi) is 5.76. The van der Waals surface area contributed by atoms with Gasteiger partial charge in [-0.2, -0.15) is 0 Å². The van der Waals surface area contributed by atoms with Gasteiger partial charge in [-0.3, -0.25) is 0 Å². The van der Waals surface area contributed by atoms with Crippen molar-refractivity contribution in [3.8, 4) is 0 Å². The van der Waals surface area contributed by atoms with Crippen LogP contribution in [0.4, 0.5) is 0 Å². The zero-order valence-corrected chi connectivity index (χ0v) is 12.7. The molecule has 0 aliphatic heterocycles. The van der Waals surface area contributed by atoms with Crippen molar-refractivity contribution in [1.82, 2.24) is 5.32 Å². The molecule has 2 N–H and O–H groups in total. The van der Waals surface area contributed by atoms with E-state index in [1.54, 1.807) is 0 Å². The normalized spacial score (nSPS) is 19.0. The van der Waals surface area contributed by atoms with Crippen molar-refractivity contribution in [3.05, 3.63) is 35.9 Å². The number of hydrogen-bond acceptors (Lipinski definition) is 4. The highest BCUT2D eigenvalue weighted by Crippen LogP contribution is 2.35. The summed E-state index contributed by atoms with van der Waals surface area (Å²) >= 11 is 0. The van der Waals surface area contributed by atoms with Crippen molar-refractivity contribution in [1.29, 1.82) is 0 Å². The van der Waals surface area contributed by atoms with Gasteiger partial charge < -0.3 is 15.2 Å². The van der Waals surface area contributed by atoms with Gasteiger partial charge >= 0.3 is 5.97 Å². The van der Waals surface area contributed by atoms with E-state index < -0.39 is 6.04 Å². The van der Waals surface area contributed by atoms with Crippen molar-refractivity contribution in [2.45, 2.75) is 38.1 Å². The summed E-state index contributed by atoms with van der Waals surface area (Å²) in [6, 6.07) is 9.11. The first-order chi connectivity index (χ1) is 10.2. The number of esters is 1. The fraction of sp³-hybridized carbons (Fsp3) is 0.588. The second-order valence-electron chi connectivity index (χ2n) is 5.97. The maximum absolute atomic E-state index is 12.0. The smallest absolute Gasteiger partial charge is 0.327 e. The van der Waals surface area contributed by atoms with Gasteiger partial charge in [0.25, 0.3) is 0 Å². The molecule has 0 saturated heterocycles. The van der Waals surface area contributed by atoms with Gasteiger partial charge in [-0.15, -0.1) is 0 Å². The van der Waals surface area contributed by atoms with Crippen LogP contribution in [-0.4, -0.2) is 31.3 Å². The monoisotopic (exact) mass is 291 g/mol. The summed E-state index contributed by atoms with van der Waals surface area (Å²) in [6.07, 6.45) is 5.56. The van der Waals surface area contributed by atoms with Gasteiger partial charge in [-0.25, -0.2) is 4.79 Å². The molecule has 1 aromatic carbocycles. The number of methoxy groups -OCH3 is 1. The van der Waals surface area contributed by atoms with E-state index in [0.717, 1.165) is 31.2 Å². The number of hydrogen-bond donors (Lipinski definition) is 2. The minimum atomic E-state index is -0.471. The van der Waals surface area contributed by atoms with Gasteiger partial charge in [0.15, 0.2) is 0 Å². The molecule has 4 heteroatoms. The molecule has 21 heavy (non-hydrogen) atoms. The lowest BCUT2D eigenvalue weighted by Crippen LogP contribution is -2.42. The number of carbonyl (C=O) groups excluding carboxylic acids is 1. The molecule has 0 heterocycles. The maximum atomic E-state index is 12.0. The minimum absolute atomic E-state index is 0.0979. The van der Waals surface area contributed by atoms with Crippen molar-refractivity contribution < 1.29 is 14.6 Å². The largest absolute Gasteiger partial charge is 0.468 e. The molecule has 1 aliphatic carbocycles. The number of ether oxygens (including phenoxy) is 1. The Morgan fingerprint density at radius 1 is 1.29 bits per heavy atom. The summed E-state index contributed by atoms with van der Waals surface area (Å²) in [7, 11) is 1.41. The highest BCUT2D eigenvalue weighted by molar-refractivity contribution is 5.77. The lowest BCUT2D eigenvalue weighted by Gasteiger charge is -2.36. The van der Waals surface area contributed by atoms with Gasteiger partial charge in [0.2, 0.25) is 0 Å². The lowest BCUT2D eigenvalue weighted by atomic mass is 9.74. The number of rotatable bonds is 6. The van der Waals surface area contributed by atoms with E-state index in [9.17, 15) is 9.90 Å². The van der Waals surface area contributed by atoms with Crippen LogP contribution in [0.3, 0.4) is 0 Å². The summed E-state index contributed by atoms with van der Waals surface area (Å²) in [5.41, 5.74) is 0.799. The fourth-order valence-corrected chi connectivity index (χ4v) is 3.11. The number of aliphatic hydroxyl groups is 1. The number of nitrogens with one attached hydrogen (secondary N) is 1. The predicted molar refractivity (Wildman–Crippen MR) is 81.8 cm³/mol. The third-order valence-electron chi connectivity index (χ3n) is 4.50. The van der Waals surface area contributed by atoms with Crippen LogP contribution in [0.2, 0.25) is 0 Å². The van der Waals surface area contributed by atoms with Crippen molar-refractivity contribution in [2.24, 2.45) is 5.41 Å². The third kappa shape index (κ3) is 4.05. The molecule has 1 unspecified atom stereocenters. The third-order valence-corrected chi connectivity index (χ3v) is 4.50. The Hall–Kier alpha value is -1.39. The molecule has 0 radical (unpaired) electrons. The Balaban J connectivity index is 2.07. The van der Waals surface area contributed by atoms with Crippen LogP contribution in [-0.2, 0) is 9.53 Å². The molecule has 1 saturated carbocycles. The molecular weight excluding hydrogens is 266 g/mol. The zero-order valence-electron chi connectivity index (χ0n) is 12.7. The van der Waals surface area contributed by atoms with Gasteiger partial charge in [-0.05, 0) is 18.4 Å². The first-order valence-corrected chi connectivity index (χ1v) is 7.68. The molecule has 1 aliphatic rings. The summed E-state index contributed by atoms with van der Waals surface area (Å²) in [4.78, 5) is 12.0. The Morgan fingerprint density at radius 2 is 1.95 bits per heavy atom. The molecule has 0 aromatic heterocycles. The molecule has 1 aromatic rings. The van der Waals surface area contributed by atoms with Crippen LogP contribution in [0.1, 0.15) is 43.7 Å². The highest BCUT2D eigenvalue weighted by atomic mass is 16.5. The van der Waals surface area contributed by atoms with E-state index >= 15 is 0 Å². The molecule has 0 spiro atoms. The zero-order chi connectivity index (χ0) is 15.1. The Morgan fingerprint density at radius 3 is 2.52 bits per heavy atom. The van der Waals surface area contributed by atoms with Gasteiger partial charge in [0.05, 0.1) is 7.11 Å². The van der Waals surface area contributed by atoms with E-state index in [1.165, 1.54) is 13.5 Å². The van der Waals surface area contributed by atoms with Gasteiger partial charge in [-0.1, -0.05) is 49.6 Å². The van der Waals surface area contributed by atoms with E-state index in [0.29, 0.717) is 6.54 Å². The van der Waals surface area contributed by atoms with E-state index in [-0.39, 0.29) is 18.0 Å². The van der Waals surface area contributed by atoms with E-state index in [4.69, 9.17) is 4.74 Å². The number of aliphatic hydroxyl groups excluding tert-OH is 1. The SMILES string of the molecule is COC(=O)C(NCC1(CO)CCCCC1)c1ccccc1. The molecular formula is C17H25NO3. The van der Waals surface area contributed by atoms with E-state index in [2.05, 4.69) is 5.32 Å². The van der Waals surface area contributed by atoms with Crippen LogP contribution in [0.15, 0.2) is 30.3 Å². The highest BCUT2D eigenvalue weighted by Gasteiger charge is 2.33. The number of carbonyl (C=O) groups is 1. The van der Waals surface area contributed by atoms with Gasteiger partial charge in [0, 0.05) is 18.6 Å². The van der Waals surface area contributed by atoms with Crippen LogP contribution in [0, 0.1) is 5.41 Å². The maximum Gasteiger partial charge on any atom is 0.327 e. The Bertz CT molecular complexity index is 441. The fourth-order valence-electron chi connectivity index (χ4n) is 3.11. The lowest BCUT2D eigenvalue weighted by molar-refractivity contribution is -0.143. The quantitative estimate of drug-likeness (QED) is 0.790. The molecule has 116 valence electrons. The minimum Gasteiger partial charge on any atom is -0.468 e. The summed E-state index contributed by atoms with van der Waals surface area (Å²) in [6.45, 7) is 0.806. The second kappa shape index (κ2) is 7.57. The van der Waals surface area contributed by atoms with Crippen LogP contribution >= 0.6 is 0 Å². The van der Waals surface area contributed by atoms with Crippen LogP contribution < -0.4 is 5.32 Å². The molecule has 0 bridgehead atoms. The predicted octanol–water partition coefficient (Wildman–Crippen LogP) is 2.43. The summed E-state index contributed by atoms with van der Waals surface area (Å²) in [5, 5.41) is 13.1. The standard InChI is InChI=1S/C17H25NO3/c1-21-16(20)15(14-8-4-2-5-9-14)18-12-17(13-19)10-6-3-7-11-17/h2,4-5,8-9,15,18-19H,3,6-7,10-13H2,1H3. The topological polar surface area (TPSA) is 58.6 Å². The Labute approximate surface area is 126 Å². The van der Waals surface area contributed by atoms with E-state index in [1.807, 2.05) is 30.3 Å². The summed E-state index contributed by atoms with van der Waals surface area (Å²) < 4.78 is 4.91. The molecule has 1 atom stereocenters. The van der Waals surface area contributed by atoms with Crippen LogP contribution in [0.25, 0.3) is 0 Å². The van der Waals surface area contributed by atoms with Crippen LogP contribution in [0.5, 0.6) is 0 Å². The average molecular weight is 291 g/mol. The second-order valence-corrected chi connectivity index (χ2v) is 5.97. The average Bonchev–Trinajstić information content (AvgIpc) is 2.56.